The summed E-state index contributed by atoms with van der Waals surface area (Å²) in [5, 5.41) is 1.08. The van der Waals surface area contributed by atoms with Gasteiger partial charge in [-0.2, -0.15) is 0 Å². The van der Waals surface area contributed by atoms with Gasteiger partial charge in [-0.1, -0.05) is 35.4 Å². The van der Waals surface area contributed by atoms with Gasteiger partial charge < -0.3 is 10.5 Å². The Morgan fingerprint density at radius 2 is 1.90 bits per heavy atom. The van der Waals surface area contributed by atoms with Crippen LogP contribution in [0, 0.1) is 0 Å². The largest absolute Gasteiger partial charge is 0.490 e. The molecule has 1 aromatic rings. The second-order valence-corrected chi connectivity index (χ2v) is 7.15. The maximum Gasteiger partial charge on any atom is 0.121 e. The Morgan fingerprint density at radius 1 is 1.24 bits per heavy atom. The zero-order chi connectivity index (χ0) is 15.0. The molecule has 2 heterocycles. The average Bonchev–Trinajstić information content (AvgIpc) is 2.66. The minimum atomic E-state index is 0.224. The molecule has 0 spiro atoms. The van der Waals surface area contributed by atoms with Crippen molar-refractivity contribution in [2.45, 2.75) is 43.9 Å². The van der Waals surface area contributed by atoms with Crippen LogP contribution in [0.25, 0.3) is 0 Å². The van der Waals surface area contributed by atoms with E-state index >= 15 is 0 Å². The first-order valence-corrected chi connectivity index (χ1v) is 8.35. The molecule has 2 N–H and O–H groups in total. The lowest BCUT2D eigenvalue weighted by Crippen LogP contribution is -2.49. The van der Waals surface area contributed by atoms with Gasteiger partial charge in [-0.05, 0) is 37.8 Å². The van der Waals surface area contributed by atoms with E-state index in [4.69, 9.17) is 45.9 Å². The van der Waals surface area contributed by atoms with E-state index in [0.29, 0.717) is 27.1 Å². The predicted molar refractivity (Wildman–Crippen MR) is 90.4 cm³/mol. The number of fused-ring (bicyclic) bond motifs is 2. The molecule has 0 amide bonds. The lowest BCUT2D eigenvalue weighted by atomic mass is 9.99. The third-order valence-corrected chi connectivity index (χ3v) is 5.24. The number of benzene rings is 1. The highest BCUT2D eigenvalue weighted by Gasteiger charge is 2.41. The van der Waals surface area contributed by atoms with Crippen LogP contribution in [0.4, 0.5) is 0 Å². The Kier molecular flexibility index (Phi) is 4.60. The number of nitrogens with two attached hydrogens (primary N) is 1. The molecule has 2 unspecified atom stereocenters. The van der Waals surface area contributed by atoms with Gasteiger partial charge in [0.25, 0.3) is 0 Å². The molecule has 0 radical (unpaired) electrons. The molecule has 2 aliphatic heterocycles. The highest BCUT2D eigenvalue weighted by atomic mass is 35.5. The van der Waals surface area contributed by atoms with Crippen LogP contribution >= 0.6 is 35.4 Å². The van der Waals surface area contributed by atoms with E-state index in [9.17, 15) is 0 Å². The molecule has 21 heavy (non-hydrogen) atoms. The maximum atomic E-state index is 6.09. The van der Waals surface area contributed by atoms with Crippen molar-refractivity contribution < 1.29 is 4.74 Å². The number of ether oxygens (including phenoxy) is 1. The van der Waals surface area contributed by atoms with Crippen molar-refractivity contribution >= 4 is 40.4 Å². The van der Waals surface area contributed by atoms with Crippen LogP contribution in [-0.4, -0.2) is 34.6 Å². The Morgan fingerprint density at radius 3 is 2.48 bits per heavy atom. The molecular weight excluding hydrogens is 327 g/mol. The van der Waals surface area contributed by atoms with Crippen molar-refractivity contribution in [1.29, 1.82) is 0 Å². The molecule has 114 valence electrons. The van der Waals surface area contributed by atoms with Crippen LogP contribution in [0.5, 0.6) is 5.75 Å². The number of rotatable bonds is 4. The van der Waals surface area contributed by atoms with E-state index in [1.807, 2.05) is 6.07 Å². The van der Waals surface area contributed by atoms with Crippen molar-refractivity contribution in [2.24, 2.45) is 5.73 Å². The smallest absolute Gasteiger partial charge is 0.121 e. The minimum Gasteiger partial charge on any atom is -0.490 e. The summed E-state index contributed by atoms with van der Waals surface area (Å²) in [6.45, 7) is 0.726. The summed E-state index contributed by atoms with van der Waals surface area (Å²) in [6, 6.07) is 6.48. The van der Waals surface area contributed by atoms with Crippen LogP contribution in [0.2, 0.25) is 10.0 Å². The summed E-state index contributed by atoms with van der Waals surface area (Å²) < 4.78 is 6.09. The molecule has 1 aromatic carbocycles. The first-order valence-electron chi connectivity index (χ1n) is 7.18. The van der Waals surface area contributed by atoms with E-state index in [1.54, 1.807) is 12.1 Å². The molecular formula is C15H18Cl2N2OS. The van der Waals surface area contributed by atoms with Crippen LogP contribution < -0.4 is 10.5 Å². The van der Waals surface area contributed by atoms with Crippen LogP contribution in [0.1, 0.15) is 25.7 Å². The van der Waals surface area contributed by atoms with Crippen LogP contribution in [0.3, 0.4) is 0 Å². The fraction of sp³-hybridized carbons (Fsp3) is 0.533. The van der Waals surface area contributed by atoms with Gasteiger partial charge in [-0.25, -0.2) is 0 Å². The summed E-state index contributed by atoms with van der Waals surface area (Å²) in [5.74, 6) is 0.789. The summed E-state index contributed by atoms with van der Waals surface area (Å²) in [7, 11) is 0. The van der Waals surface area contributed by atoms with Crippen molar-refractivity contribution in [3.05, 3.63) is 28.2 Å². The quantitative estimate of drug-likeness (QED) is 0.846. The zero-order valence-electron chi connectivity index (χ0n) is 11.6. The topological polar surface area (TPSA) is 38.5 Å². The predicted octanol–water partition coefficient (Wildman–Crippen LogP) is 3.65. The highest BCUT2D eigenvalue weighted by molar-refractivity contribution is 7.80. The minimum absolute atomic E-state index is 0.224. The fourth-order valence-electron chi connectivity index (χ4n) is 3.50. The van der Waals surface area contributed by atoms with E-state index in [2.05, 4.69) is 4.90 Å². The molecule has 0 aliphatic carbocycles. The number of halogens is 2. The molecule has 6 heteroatoms. The Balaban J connectivity index is 1.64. The van der Waals surface area contributed by atoms with Crippen LogP contribution in [0.15, 0.2) is 18.2 Å². The molecule has 0 aromatic heterocycles. The van der Waals surface area contributed by atoms with E-state index in [0.717, 1.165) is 25.1 Å². The molecule has 2 bridgehead atoms. The van der Waals surface area contributed by atoms with Crippen molar-refractivity contribution in [2.75, 3.05) is 6.54 Å². The summed E-state index contributed by atoms with van der Waals surface area (Å²) >= 11 is 17.0. The van der Waals surface area contributed by atoms with Gasteiger partial charge in [0.2, 0.25) is 0 Å². The highest BCUT2D eigenvalue weighted by Crippen LogP contribution is 2.37. The number of hydrogen-bond acceptors (Lipinski definition) is 3. The zero-order valence-corrected chi connectivity index (χ0v) is 13.9. The Hall–Kier alpha value is -0.550. The van der Waals surface area contributed by atoms with Gasteiger partial charge in [0.15, 0.2) is 0 Å². The number of piperidine rings is 1. The molecule has 2 fully saturated rings. The van der Waals surface area contributed by atoms with Crippen LogP contribution in [-0.2, 0) is 0 Å². The van der Waals surface area contributed by atoms with Gasteiger partial charge in [0.05, 0.1) is 15.0 Å². The van der Waals surface area contributed by atoms with Crippen molar-refractivity contribution in [3.8, 4) is 5.75 Å². The molecule has 3 rings (SSSR count). The normalized spacial score (nSPS) is 28.6. The molecule has 2 aliphatic rings. The lowest BCUT2D eigenvalue weighted by Gasteiger charge is -2.38. The molecule has 3 nitrogen and oxygen atoms in total. The number of hydrogen-bond donors (Lipinski definition) is 1. The second kappa shape index (κ2) is 6.29. The van der Waals surface area contributed by atoms with E-state index in [1.165, 1.54) is 12.8 Å². The van der Waals surface area contributed by atoms with E-state index in [-0.39, 0.29) is 6.10 Å². The van der Waals surface area contributed by atoms with Crippen molar-refractivity contribution in [1.82, 2.24) is 4.90 Å². The third-order valence-electron chi connectivity index (χ3n) is 4.37. The maximum absolute atomic E-state index is 6.09. The van der Waals surface area contributed by atoms with Gasteiger partial charge in [-0.15, -0.1) is 0 Å². The molecule has 2 saturated heterocycles. The standard InChI is InChI=1S/C15H18Cl2N2OS/c16-13-4-3-11(7-14(13)17)20-12-5-9-1-2-10(6-12)19(9)8-15(18)21/h3-4,7,9-10,12H,1-2,5-6,8H2,(H2,18,21). The lowest BCUT2D eigenvalue weighted by molar-refractivity contribution is 0.0596. The molecule has 0 saturated carbocycles. The first-order chi connectivity index (χ1) is 10.0. The first kappa shape index (κ1) is 15.3. The van der Waals surface area contributed by atoms with Gasteiger partial charge in [0.1, 0.15) is 11.9 Å². The Labute approximate surface area is 140 Å². The van der Waals surface area contributed by atoms with Gasteiger partial charge in [0, 0.05) is 24.7 Å². The Bertz CT molecular complexity index is 540. The average molecular weight is 345 g/mol. The van der Waals surface area contributed by atoms with Gasteiger partial charge in [-0.3, -0.25) is 4.90 Å². The number of nitrogens with zero attached hydrogens (tertiary/aromatic N) is 1. The molecule has 2 atom stereocenters. The second-order valence-electron chi connectivity index (χ2n) is 5.81. The van der Waals surface area contributed by atoms with E-state index < -0.39 is 0 Å². The SMILES string of the molecule is NC(=S)CN1C2CCC1CC(Oc1ccc(Cl)c(Cl)c1)C2. The monoisotopic (exact) mass is 344 g/mol. The van der Waals surface area contributed by atoms with Crippen molar-refractivity contribution in [3.63, 3.8) is 0 Å². The third kappa shape index (κ3) is 3.45. The summed E-state index contributed by atoms with van der Waals surface area (Å²) in [5.41, 5.74) is 5.70. The van der Waals surface area contributed by atoms with Gasteiger partial charge >= 0.3 is 0 Å². The number of thiocarbonyl (C=S) groups is 1. The summed E-state index contributed by atoms with van der Waals surface area (Å²) in [6.07, 6.45) is 4.66. The summed E-state index contributed by atoms with van der Waals surface area (Å²) in [4.78, 5) is 3.02. The fourth-order valence-corrected chi connectivity index (χ4v) is 3.94.